The maximum atomic E-state index is 11.1. The summed E-state index contributed by atoms with van der Waals surface area (Å²) in [4.78, 5) is 20.0. The maximum Gasteiger partial charge on any atom is 0.227 e. The van der Waals surface area contributed by atoms with Gasteiger partial charge in [0.2, 0.25) is 11.9 Å². The highest BCUT2D eigenvalue weighted by molar-refractivity contribution is 5.89. The van der Waals surface area contributed by atoms with Crippen molar-refractivity contribution in [2.24, 2.45) is 0 Å². The number of anilines is 3. The van der Waals surface area contributed by atoms with E-state index in [4.69, 9.17) is 4.74 Å². The van der Waals surface area contributed by atoms with Crippen LogP contribution in [0, 0.1) is 0 Å². The zero-order valence-corrected chi connectivity index (χ0v) is 14.4. The Morgan fingerprint density at radius 2 is 1.80 bits per heavy atom. The molecule has 1 aromatic heterocycles. The smallest absolute Gasteiger partial charge is 0.227 e. The Kier molecular flexibility index (Phi) is 4.79. The minimum atomic E-state index is -0.101. The molecule has 1 amide bonds. The van der Waals surface area contributed by atoms with Crippen LogP contribution in [-0.4, -0.2) is 22.0 Å². The first-order valence-electron chi connectivity index (χ1n) is 8.08. The lowest BCUT2D eigenvalue weighted by atomic mass is 10.2. The first-order chi connectivity index (χ1) is 12.0. The summed E-state index contributed by atoms with van der Waals surface area (Å²) >= 11 is 0. The summed E-state index contributed by atoms with van der Waals surface area (Å²) in [6.07, 6.45) is 1.84. The van der Waals surface area contributed by atoms with E-state index in [1.807, 2.05) is 56.3 Å². The highest BCUT2D eigenvalue weighted by atomic mass is 16.5. The van der Waals surface area contributed by atoms with Gasteiger partial charge in [-0.2, -0.15) is 0 Å². The Morgan fingerprint density at radius 1 is 1.08 bits per heavy atom. The summed E-state index contributed by atoms with van der Waals surface area (Å²) in [5.41, 5.74) is 2.34. The van der Waals surface area contributed by atoms with E-state index < -0.39 is 0 Å². The molecular weight excluding hydrogens is 316 g/mol. The summed E-state index contributed by atoms with van der Waals surface area (Å²) in [5.74, 6) is 1.12. The Labute approximate surface area is 146 Å². The lowest BCUT2D eigenvalue weighted by Crippen LogP contribution is -2.07. The summed E-state index contributed by atoms with van der Waals surface area (Å²) in [6, 6.07) is 13.1. The lowest BCUT2D eigenvalue weighted by molar-refractivity contribution is -0.114. The number of hydrogen-bond acceptors (Lipinski definition) is 5. The summed E-state index contributed by atoms with van der Waals surface area (Å²) in [5, 5.41) is 6.82. The zero-order valence-electron chi connectivity index (χ0n) is 14.4. The van der Waals surface area contributed by atoms with Crippen molar-refractivity contribution >= 4 is 34.1 Å². The number of nitrogens with zero attached hydrogens (tertiary/aromatic N) is 2. The number of rotatable bonds is 5. The van der Waals surface area contributed by atoms with E-state index in [1.54, 1.807) is 6.20 Å². The van der Waals surface area contributed by atoms with Gasteiger partial charge in [-0.15, -0.1) is 0 Å². The standard InChI is InChI=1S/C19H20N4O2/c1-12(2)25-17-6-4-5-14-11-20-19(23-18(14)17)22-16-9-7-15(8-10-16)21-13(3)24/h4-12H,1-3H3,(H,21,24)(H,20,22,23). The minimum Gasteiger partial charge on any atom is -0.489 e. The highest BCUT2D eigenvalue weighted by Gasteiger charge is 2.08. The second-order valence-corrected chi connectivity index (χ2v) is 5.94. The number of carbonyl (C=O) groups is 1. The normalized spacial score (nSPS) is 10.7. The summed E-state index contributed by atoms with van der Waals surface area (Å²) < 4.78 is 5.83. The van der Waals surface area contributed by atoms with Gasteiger partial charge in [0, 0.05) is 29.9 Å². The van der Waals surface area contributed by atoms with Crippen LogP contribution < -0.4 is 15.4 Å². The zero-order chi connectivity index (χ0) is 17.8. The molecule has 0 saturated carbocycles. The van der Waals surface area contributed by atoms with Crippen LogP contribution in [0.3, 0.4) is 0 Å². The first kappa shape index (κ1) is 16.7. The van der Waals surface area contributed by atoms with E-state index in [2.05, 4.69) is 20.6 Å². The molecule has 6 nitrogen and oxygen atoms in total. The molecule has 128 valence electrons. The number of amides is 1. The average Bonchev–Trinajstić information content (AvgIpc) is 2.56. The predicted octanol–water partition coefficient (Wildman–Crippen LogP) is 4.12. The van der Waals surface area contributed by atoms with Crippen molar-refractivity contribution in [3.63, 3.8) is 0 Å². The van der Waals surface area contributed by atoms with E-state index in [-0.39, 0.29) is 12.0 Å². The van der Waals surface area contributed by atoms with E-state index in [1.165, 1.54) is 6.92 Å². The van der Waals surface area contributed by atoms with Gasteiger partial charge in [-0.25, -0.2) is 9.97 Å². The van der Waals surface area contributed by atoms with Gasteiger partial charge < -0.3 is 15.4 Å². The Bertz CT molecular complexity index is 892. The van der Waals surface area contributed by atoms with Gasteiger partial charge in [0.05, 0.1) is 6.10 Å². The third-order valence-corrected chi connectivity index (χ3v) is 3.40. The fourth-order valence-corrected chi connectivity index (χ4v) is 2.41. The van der Waals surface area contributed by atoms with Gasteiger partial charge >= 0.3 is 0 Å². The number of hydrogen-bond donors (Lipinski definition) is 2. The molecule has 0 bridgehead atoms. The SMILES string of the molecule is CC(=O)Nc1ccc(Nc2ncc3cccc(OC(C)C)c3n2)cc1. The summed E-state index contributed by atoms with van der Waals surface area (Å²) in [7, 11) is 0. The highest BCUT2D eigenvalue weighted by Crippen LogP contribution is 2.26. The monoisotopic (exact) mass is 336 g/mol. The lowest BCUT2D eigenvalue weighted by Gasteiger charge is -2.12. The molecule has 25 heavy (non-hydrogen) atoms. The average molecular weight is 336 g/mol. The topological polar surface area (TPSA) is 76.1 Å². The van der Waals surface area contributed by atoms with Crippen molar-refractivity contribution < 1.29 is 9.53 Å². The number of para-hydroxylation sites is 1. The quantitative estimate of drug-likeness (QED) is 0.733. The van der Waals surface area contributed by atoms with Gasteiger partial charge in [0.25, 0.3) is 0 Å². The molecule has 3 aromatic rings. The second-order valence-electron chi connectivity index (χ2n) is 5.94. The Hall–Kier alpha value is -3.15. The van der Waals surface area contributed by atoms with Crippen LogP contribution in [0.1, 0.15) is 20.8 Å². The van der Waals surface area contributed by atoms with Crippen LogP contribution in [0.2, 0.25) is 0 Å². The second kappa shape index (κ2) is 7.17. The minimum absolute atomic E-state index is 0.0679. The van der Waals surface area contributed by atoms with Crippen LogP contribution in [-0.2, 0) is 4.79 Å². The van der Waals surface area contributed by atoms with Crippen LogP contribution in [0.4, 0.5) is 17.3 Å². The number of nitrogens with one attached hydrogen (secondary N) is 2. The number of carbonyl (C=O) groups excluding carboxylic acids is 1. The van der Waals surface area contributed by atoms with Crippen LogP contribution >= 0.6 is 0 Å². The molecule has 2 N–H and O–H groups in total. The van der Waals surface area contributed by atoms with Crippen molar-refractivity contribution in [2.45, 2.75) is 26.9 Å². The summed E-state index contributed by atoms with van der Waals surface area (Å²) in [6.45, 7) is 5.44. The van der Waals surface area contributed by atoms with Gasteiger partial charge in [-0.05, 0) is 44.2 Å². The number of fused-ring (bicyclic) bond motifs is 1. The fourth-order valence-electron chi connectivity index (χ4n) is 2.41. The molecule has 1 heterocycles. The van der Waals surface area contributed by atoms with Gasteiger partial charge in [0.15, 0.2) is 0 Å². The number of aromatic nitrogens is 2. The first-order valence-corrected chi connectivity index (χ1v) is 8.08. The van der Waals surface area contributed by atoms with Crippen LogP contribution in [0.25, 0.3) is 10.9 Å². The molecule has 2 aromatic carbocycles. The van der Waals surface area contributed by atoms with E-state index >= 15 is 0 Å². The molecule has 0 unspecified atom stereocenters. The molecule has 0 saturated heterocycles. The molecule has 0 aliphatic heterocycles. The predicted molar refractivity (Wildman–Crippen MR) is 99.3 cm³/mol. The largest absolute Gasteiger partial charge is 0.489 e. The van der Waals surface area contributed by atoms with Gasteiger partial charge in [-0.3, -0.25) is 4.79 Å². The van der Waals surface area contributed by atoms with E-state index in [0.29, 0.717) is 5.95 Å². The van der Waals surface area contributed by atoms with E-state index in [9.17, 15) is 4.79 Å². The van der Waals surface area contributed by atoms with E-state index in [0.717, 1.165) is 28.0 Å². The molecule has 0 aliphatic rings. The molecule has 3 rings (SSSR count). The van der Waals surface area contributed by atoms with Gasteiger partial charge in [-0.1, -0.05) is 12.1 Å². The van der Waals surface area contributed by atoms with Crippen molar-refractivity contribution in [1.29, 1.82) is 0 Å². The molecule has 0 atom stereocenters. The Balaban J connectivity index is 1.85. The molecular formula is C19H20N4O2. The number of benzene rings is 2. The van der Waals surface area contributed by atoms with Crippen molar-refractivity contribution in [1.82, 2.24) is 9.97 Å². The van der Waals surface area contributed by atoms with Crippen LogP contribution in [0.5, 0.6) is 5.75 Å². The molecule has 0 aliphatic carbocycles. The third kappa shape index (κ3) is 4.23. The van der Waals surface area contributed by atoms with Crippen molar-refractivity contribution in [3.05, 3.63) is 48.7 Å². The van der Waals surface area contributed by atoms with Gasteiger partial charge in [0.1, 0.15) is 11.3 Å². The van der Waals surface area contributed by atoms with Crippen molar-refractivity contribution in [2.75, 3.05) is 10.6 Å². The van der Waals surface area contributed by atoms with Crippen molar-refractivity contribution in [3.8, 4) is 5.75 Å². The molecule has 0 radical (unpaired) electrons. The number of ether oxygens (including phenoxy) is 1. The molecule has 0 fully saturated rings. The maximum absolute atomic E-state index is 11.1. The molecule has 6 heteroatoms. The fraction of sp³-hybridized carbons (Fsp3) is 0.211. The van der Waals surface area contributed by atoms with Crippen LogP contribution in [0.15, 0.2) is 48.7 Å². The molecule has 0 spiro atoms. The Morgan fingerprint density at radius 3 is 2.48 bits per heavy atom. The third-order valence-electron chi connectivity index (χ3n) is 3.40.